The fourth-order valence-electron chi connectivity index (χ4n) is 3.32. The number of carbonyl (C=O) groups is 1. The number of alkyl halides is 1. The van der Waals surface area contributed by atoms with Crippen molar-refractivity contribution in [1.82, 2.24) is 0 Å². The van der Waals surface area contributed by atoms with Gasteiger partial charge in [0.15, 0.2) is 14.3 Å². The molecule has 0 aliphatic heterocycles. The molecule has 4 nitrogen and oxygen atoms in total. The summed E-state index contributed by atoms with van der Waals surface area (Å²) in [5.74, 6) is 0.382. The first kappa shape index (κ1) is 21.5. The number of esters is 1. The van der Waals surface area contributed by atoms with E-state index in [9.17, 15) is 9.59 Å². The minimum atomic E-state index is -0.705. The first-order chi connectivity index (χ1) is 14.9. The Labute approximate surface area is 191 Å². The van der Waals surface area contributed by atoms with Crippen molar-refractivity contribution in [2.24, 2.45) is 0 Å². The first-order valence-electron chi connectivity index (χ1n) is 9.92. The molecule has 1 aromatic heterocycles. The van der Waals surface area contributed by atoms with Crippen molar-refractivity contribution in [3.63, 3.8) is 0 Å². The van der Waals surface area contributed by atoms with Crippen LogP contribution in [0.3, 0.4) is 0 Å². The van der Waals surface area contributed by atoms with Crippen molar-refractivity contribution >= 4 is 52.5 Å². The highest BCUT2D eigenvalue weighted by Crippen LogP contribution is 2.43. The van der Waals surface area contributed by atoms with Gasteiger partial charge in [0.05, 0.1) is 10.8 Å². The van der Waals surface area contributed by atoms with Crippen LogP contribution in [0.2, 0.25) is 0 Å². The molecule has 1 heterocycles. The summed E-state index contributed by atoms with van der Waals surface area (Å²) >= 11 is 3.28. The minimum Gasteiger partial charge on any atom is -0.490 e. The Morgan fingerprint density at radius 3 is 1.97 bits per heavy atom. The van der Waals surface area contributed by atoms with E-state index in [1.165, 1.54) is 0 Å². The van der Waals surface area contributed by atoms with Crippen LogP contribution in [0, 0.1) is 0 Å². The summed E-state index contributed by atoms with van der Waals surface area (Å²) in [6, 6.07) is 23.6. The highest BCUT2D eigenvalue weighted by molar-refractivity contribution is 9.10. The quantitative estimate of drug-likeness (QED) is 0.105. The molecule has 0 saturated carbocycles. The third kappa shape index (κ3) is 4.50. The highest BCUT2D eigenvalue weighted by Gasteiger charge is 2.25. The minimum absolute atomic E-state index is 0.0797. The van der Waals surface area contributed by atoms with Gasteiger partial charge in [-0.2, -0.15) is 0 Å². The molecular weight excluding hydrogens is 476 g/mol. The highest BCUT2D eigenvalue weighted by atomic mass is 79.9. The molecule has 0 radical (unpaired) electrons. The second-order valence-electron chi connectivity index (χ2n) is 7.56. The summed E-state index contributed by atoms with van der Waals surface area (Å²) in [6.45, 7) is 3.94. The van der Waals surface area contributed by atoms with Crippen LogP contribution in [-0.2, 0) is 9.53 Å². The molecule has 0 saturated heterocycles. The van der Waals surface area contributed by atoms with Gasteiger partial charge in [-0.15, -0.1) is 0 Å². The second-order valence-corrected chi connectivity index (χ2v) is 11.5. The second kappa shape index (κ2) is 8.81. The van der Waals surface area contributed by atoms with Gasteiger partial charge in [0, 0.05) is 22.6 Å². The third-order valence-electron chi connectivity index (χ3n) is 4.83. The van der Waals surface area contributed by atoms with Gasteiger partial charge in [0.1, 0.15) is 23.3 Å². The van der Waals surface area contributed by atoms with E-state index in [-0.39, 0.29) is 35.1 Å². The fraction of sp³-hybridized carbons (Fsp3) is 0.200. The molecule has 0 amide bonds. The lowest BCUT2D eigenvalue weighted by atomic mass is 10.2. The van der Waals surface area contributed by atoms with Crippen molar-refractivity contribution in [1.29, 1.82) is 0 Å². The van der Waals surface area contributed by atoms with Gasteiger partial charge in [-0.05, 0) is 50.2 Å². The van der Waals surface area contributed by atoms with Gasteiger partial charge in [-0.1, -0.05) is 40.2 Å². The molecule has 0 fully saturated rings. The smallest absolute Gasteiger partial charge is 0.322 e. The number of hydrogen-bond donors (Lipinski definition) is 0. The fourth-order valence-corrected chi connectivity index (χ4v) is 5.78. The largest absolute Gasteiger partial charge is 0.490 e. The zero-order valence-electron chi connectivity index (χ0n) is 17.3. The zero-order valence-corrected chi connectivity index (χ0v) is 19.7. The summed E-state index contributed by atoms with van der Waals surface area (Å²) in [5.41, 5.74) is 0.0797. The topological polar surface area (TPSA) is 52.6 Å². The van der Waals surface area contributed by atoms with Crippen molar-refractivity contribution in [2.45, 2.75) is 18.2 Å². The Hall–Kier alpha value is -2.70. The van der Waals surface area contributed by atoms with Crippen LogP contribution in [0.5, 0.6) is 5.75 Å². The Morgan fingerprint density at radius 1 is 0.871 bits per heavy atom. The maximum atomic E-state index is 12.9. The Morgan fingerprint density at radius 2 is 1.42 bits per heavy atom. The molecule has 0 aliphatic rings. The van der Waals surface area contributed by atoms with E-state index in [0.717, 1.165) is 25.1 Å². The van der Waals surface area contributed by atoms with E-state index in [2.05, 4.69) is 15.9 Å². The Balaban J connectivity index is 1.60. The maximum Gasteiger partial charge on any atom is 0.322 e. The number of hydrogen-bond acceptors (Lipinski definition) is 4. The lowest BCUT2D eigenvalue weighted by molar-refractivity contribution is -0.146. The molecule has 0 bridgehead atoms. The third-order valence-corrected chi connectivity index (χ3v) is 7.49. The van der Waals surface area contributed by atoms with Crippen LogP contribution in [-0.4, -0.2) is 23.5 Å². The van der Waals surface area contributed by atoms with Crippen LogP contribution >= 0.6 is 26.4 Å². The van der Waals surface area contributed by atoms with Crippen molar-refractivity contribution in [2.75, 3.05) is 13.2 Å². The number of carbonyl (C=O) groups excluding carboxylic acids is 1. The van der Waals surface area contributed by atoms with Gasteiger partial charge in [0.25, 0.3) is 0 Å². The number of fused-ring (bicyclic) bond motifs is 2. The van der Waals surface area contributed by atoms with E-state index in [4.69, 9.17) is 9.47 Å². The van der Waals surface area contributed by atoms with Crippen LogP contribution in [0.1, 0.15) is 13.8 Å². The average Bonchev–Trinajstić information content (AvgIpc) is 2.77. The van der Waals surface area contributed by atoms with Crippen LogP contribution in [0.15, 0.2) is 77.6 Å². The summed E-state index contributed by atoms with van der Waals surface area (Å²) in [5, 5.41) is 1.53. The normalized spacial score (nSPS) is 11.6. The molecule has 6 heteroatoms. The molecule has 3 aromatic carbocycles. The molecule has 4 aromatic rings. The van der Waals surface area contributed by atoms with E-state index in [1.807, 2.05) is 72.8 Å². The molecule has 0 spiro atoms. The molecule has 0 atom stereocenters. The molecule has 0 N–H and O–H groups in total. The molecule has 0 unspecified atom stereocenters. The Bertz CT molecular complexity index is 1240. The molecule has 158 valence electrons. The van der Waals surface area contributed by atoms with E-state index >= 15 is 0 Å². The molecule has 31 heavy (non-hydrogen) atoms. The summed E-state index contributed by atoms with van der Waals surface area (Å²) < 4.78 is 12.3. The number of halogens is 1. The predicted octanol–water partition coefficient (Wildman–Crippen LogP) is 6.19. The van der Waals surface area contributed by atoms with Gasteiger partial charge in [-0.25, -0.2) is 0 Å². The van der Waals surface area contributed by atoms with E-state index in [1.54, 1.807) is 13.8 Å². The number of rotatable bonds is 6. The van der Waals surface area contributed by atoms with Gasteiger partial charge in [-0.3, -0.25) is 9.59 Å². The van der Waals surface area contributed by atoms with Crippen LogP contribution in [0.25, 0.3) is 25.1 Å². The summed E-state index contributed by atoms with van der Waals surface area (Å²) in [6.07, 6.45) is 0. The first-order valence-corrected chi connectivity index (χ1v) is 11.9. The SMILES string of the molecule is CC(C)(Br)C(=O)OCCOc1ccc(-[s+]2c3ccccc3c(=O)c3ccccc32)cc1. The predicted molar refractivity (Wildman–Crippen MR) is 131 cm³/mol. The van der Waals surface area contributed by atoms with Crippen LogP contribution in [0.4, 0.5) is 0 Å². The van der Waals surface area contributed by atoms with Crippen molar-refractivity contribution < 1.29 is 14.3 Å². The molecule has 0 aliphatic carbocycles. The zero-order chi connectivity index (χ0) is 22.0. The lowest BCUT2D eigenvalue weighted by Gasteiger charge is -2.14. The van der Waals surface area contributed by atoms with Crippen molar-refractivity contribution in [3.8, 4) is 10.6 Å². The van der Waals surface area contributed by atoms with E-state index in [0.29, 0.717) is 5.75 Å². The monoisotopic (exact) mass is 497 g/mol. The van der Waals surface area contributed by atoms with E-state index < -0.39 is 4.32 Å². The van der Waals surface area contributed by atoms with Gasteiger partial charge >= 0.3 is 5.97 Å². The molecule has 4 rings (SSSR count). The maximum absolute atomic E-state index is 12.9. The van der Waals surface area contributed by atoms with Crippen LogP contribution < -0.4 is 10.2 Å². The average molecular weight is 498 g/mol. The standard InChI is InChI=1S/C25H22BrO4S/c1-25(2,26)24(28)30-16-15-29-17-11-13-18(14-12-17)31-21-9-5-3-7-19(21)23(27)20-8-4-6-10-22(20)31/h3-14H,15-16H2,1-2H3/q+1. The van der Waals surface area contributed by atoms with Gasteiger partial charge < -0.3 is 9.47 Å². The number of ether oxygens (including phenoxy) is 2. The summed E-state index contributed by atoms with van der Waals surface area (Å²) in [7, 11) is -0.361. The Kier molecular flexibility index (Phi) is 6.12. The lowest BCUT2D eigenvalue weighted by Crippen LogP contribution is -2.28. The summed E-state index contributed by atoms with van der Waals surface area (Å²) in [4.78, 5) is 25.8. The van der Waals surface area contributed by atoms with Gasteiger partial charge in [0.2, 0.25) is 5.43 Å². The molecular formula is C25H22BrO4S+. The number of benzene rings is 3. The van der Waals surface area contributed by atoms with Crippen molar-refractivity contribution in [3.05, 3.63) is 83.0 Å².